The predicted molar refractivity (Wildman–Crippen MR) is 65.9 cm³/mol. The van der Waals surface area contributed by atoms with Crippen molar-refractivity contribution in [3.05, 3.63) is 24.3 Å². The fraction of sp³-hybridized carbons (Fsp3) is 0.538. The van der Waals surface area contributed by atoms with Gasteiger partial charge in [-0.3, -0.25) is 0 Å². The number of hydrogen-bond donors (Lipinski definition) is 2. The van der Waals surface area contributed by atoms with Crippen LogP contribution in [0, 0.1) is 5.92 Å². The van der Waals surface area contributed by atoms with E-state index in [2.05, 4.69) is 24.4 Å². The lowest BCUT2D eigenvalue weighted by Gasteiger charge is -2.30. The largest absolute Gasteiger partial charge is 0.399 e. The standard InChI is InChI=1S/C13H20N2/c1-10-4-2-3-5-13(10)15-12-8-6-11(14)7-9-12/h6-10,13,15H,2-5,14H2,1H3/t10-,13+/m0/s1. The molecule has 0 bridgehead atoms. The molecule has 0 aromatic heterocycles. The molecule has 0 radical (unpaired) electrons. The summed E-state index contributed by atoms with van der Waals surface area (Å²) in [7, 11) is 0. The molecule has 2 heteroatoms. The molecule has 0 amide bonds. The molecule has 0 aliphatic heterocycles. The fourth-order valence-electron chi connectivity index (χ4n) is 2.32. The van der Waals surface area contributed by atoms with Crippen molar-refractivity contribution in [2.75, 3.05) is 11.1 Å². The van der Waals surface area contributed by atoms with Gasteiger partial charge < -0.3 is 11.1 Å². The lowest BCUT2D eigenvalue weighted by molar-refractivity contribution is 0.349. The van der Waals surface area contributed by atoms with E-state index in [4.69, 9.17) is 5.73 Å². The van der Waals surface area contributed by atoms with E-state index in [-0.39, 0.29) is 0 Å². The van der Waals surface area contributed by atoms with E-state index >= 15 is 0 Å². The van der Waals surface area contributed by atoms with Gasteiger partial charge in [-0.15, -0.1) is 0 Å². The highest BCUT2D eigenvalue weighted by molar-refractivity contribution is 5.51. The summed E-state index contributed by atoms with van der Waals surface area (Å²) in [4.78, 5) is 0. The van der Waals surface area contributed by atoms with Gasteiger partial charge in [0.25, 0.3) is 0 Å². The summed E-state index contributed by atoms with van der Waals surface area (Å²) >= 11 is 0. The fourth-order valence-corrected chi connectivity index (χ4v) is 2.32. The highest BCUT2D eigenvalue weighted by Gasteiger charge is 2.20. The van der Waals surface area contributed by atoms with Crippen molar-refractivity contribution in [3.8, 4) is 0 Å². The van der Waals surface area contributed by atoms with E-state index < -0.39 is 0 Å². The summed E-state index contributed by atoms with van der Waals surface area (Å²) in [5, 5.41) is 3.60. The quantitative estimate of drug-likeness (QED) is 0.726. The molecule has 15 heavy (non-hydrogen) atoms. The van der Waals surface area contributed by atoms with Crippen molar-refractivity contribution >= 4 is 11.4 Å². The van der Waals surface area contributed by atoms with E-state index in [0.29, 0.717) is 6.04 Å². The van der Waals surface area contributed by atoms with E-state index in [1.165, 1.54) is 31.4 Å². The Labute approximate surface area is 91.9 Å². The predicted octanol–water partition coefficient (Wildman–Crippen LogP) is 3.26. The Balaban J connectivity index is 1.98. The van der Waals surface area contributed by atoms with Gasteiger partial charge in [-0.1, -0.05) is 19.8 Å². The average molecular weight is 204 g/mol. The molecule has 1 saturated carbocycles. The molecule has 2 atom stereocenters. The summed E-state index contributed by atoms with van der Waals surface area (Å²) in [6, 6.07) is 8.68. The highest BCUT2D eigenvalue weighted by Crippen LogP contribution is 2.26. The van der Waals surface area contributed by atoms with Crippen molar-refractivity contribution in [1.29, 1.82) is 0 Å². The van der Waals surface area contributed by atoms with Crippen LogP contribution in [-0.2, 0) is 0 Å². The van der Waals surface area contributed by atoms with Gasteiger partial charge in [-0.05, 0) is 43.0 Å². The number of rotatable bonds is 2. The molecule has 0 heterocycles. The Hall–Kier alpha value is -1.18. The first-order chi connectivity index (χ1) is 7.25. The minimum atomic E-state index is 0.641. The summed E-state index contributed by atoms with van der Waals surface area (Å²) in [5.41, 5.74) is 7.69. The molecule has 82 valence electrons. The third-order valence-corrected chi connectivity index (χ3v) is 3.37. The first kappa shape index (κ1) is 10.3. The van der Waals surface area contributed by atoms with Crippen molar-refractivity contribution in [2.45, 2.75) is 38.6 Å². The van der Waals surface area contributed by atoms with E-state index in [1.54, 1.807) is 0 Å². The molecule has 1 aliphatic carbocycles. The monoisotopic (exact) mass is 204 g/mol. The van der Waals surface area contributed by atoms with Crippen LogP contribution in [0.1, 0.15) is 32.6 Å². The smallest absolute Gasteiger partial charge is 0.0343 e. The second kappa shape index (κ2) is 4.56. The zero-order valence-electron chi connectivity index (χ0n) is 9.37. The Morgan fingerprint density at radius 3 is 2.47 bits per heavy atom. The molecular formula is C13H20N2. The topological polar surface area (TPSA) is 38.0 Å². The van der Waals surface area contributed by atoms with Crippen molar-refractivity contribution in [1.82, 2.24) is 0 Å². The third kappa shape index (κ3) is 2.65. The van der Waals surface area contributed by atoms with Crippen LogP contribution >= 0.6 is 0 Å². The number of nitrogens with one attached hydrogen (secondary N) is 1. The zero-order valence-corrected chi connectivity index (χ0v) is 9.37. The van der Waals surface area contributed by atoms with E-state index in [9.17, 15) is 0 Å². The first-order valence-corrected chi connectivity index (χ1v) is 5.88. The Morgan fingerprint density at radius 1 is 1.13 bits per heavy atom. The maximum atomic E-state index is 5.66. The molecule has 3 N–H and O–H groups in total. The normalized spacial score (nSPS) is 26.2. The van der Waals surface area contributed by atoms with Gasteiger partial charge in [-0.2, -0.15) is 0 Å². The van der Waals surface area contributed by atoms with Crippen LogP contribution < -0.4 is 11.1 Å². The maximum Gasteiger partial charge on any atom is 0.0343 e. The van der Waals surface area contributed by atoms with Crippen molar-refractivity contribution < 1.29 is 0 Å². The van der Waals surface area contributed by atoms with Gasteiger partial charge in [0.15, 0.2) is 0 Å². The van der Waals surface area contributed by atoms with Crippen molar-refractivity contribution in [3.63, 3.8) is 0 Å². The molecule has 0 saturated heterocycles. The van der Waals surface area contributed by atoms with Crippen molar-refractivity contribution in [2.24, 2.45) is 5.92 Å². The van der Waals surface area contributed by atoms with Crippen LogP contribution in [0.2, 0.25) is 0 Å². The second-order valence-electron chi connectivity index (χ2n) is 4.63. The summed E-state index contributed by atoms with van der Waals surface area (Å²) in [6.07, 6.45) is 5.40. The van der Waals surface area contributed by atoms with Gasteiger partial charge in [0.05, 0.1) is 0 Å². The molecule has 1 aromatic carbocycles. The van der Waals surface area contributed by atoms with Gasteiger partial charge in [0, 0.05) is 17.4 Å². The van der Waals surface area contributed by atoms with Gasteiger partial charge in [-0.25, -0.2) is 0 Å². The summed E-state index contributed by atoms with van der Waals surface area (Å²) < 4.78 is 0. The lowest BCUT2D eigenvalue weighted by Crippen LogP contribution is -2.30. The zero-order chi connectivity index (χ0) is 10.7. The van der Waals surface area contributed by atoms with Crippen LogP contribution in [0.15, 0.2) is 24.3 Å². The van der Waals surface area contributed by atoms with Crippen LogP contribution in [0.25, 0.3) is 0 Å². The van der Waals surface area contributed by atoms with E-state index in [0.717, 1.165) is 11.6 Å². The van der Waals surface area contributed by atoms with Crippen LogP contribution in [0.4, 0.5) is 11.4 Å². The second-order valence-corrected chi connectivity index (χ2v) is 4.63. The molecule has 1 aliphatic rings. The van der Waals surface area contributed by atoms with Crippen LogP contribution in [0.5, 0.6) is 0 Å². The molecule has 2 nitrogen and oxygen atoms in total. The van der Waals surface area contributed by atoms with Crippen LogP contribution in [-0.4, -0.2) is 6.04 Å². The maximum absolute atomic E-state index is 5.66. The summed E-state index contributed by atoms with van der Waals surface area (Å²) in [5.74, 6) is 0.788. The molecule has 2 rings (SSSR count). The Morgan fingerprint density at radius 2 is 1.80 bits per heavy atom. The number of anilines is 2. The van der Waals surface area contributed by atoms with E-state index in [1.807, 2.05) is 12.1 Å². The highest BCUT2D eigenvalue weighted by atomic mass is 14.9. The van der Waals surface area contributed by atoms with Gasteiger partial charge >= 0.3 is 0 Å². The molecule has 1 fully saturated rings. The first-order valence-electron chi connectivity index (χ1n) is 5.88. The average Bonchev–Trinajstić information content (AvgIpc) is 2.25. The minimum absolute atomic E-state index is 0.641. The molecule has 0 unspecified atom stereocenters. The number of nitrogens with two attached hydrogens (primary N) is 1. The molecule has 0 spiro atoms. The number of hydrogen-bond acceptors (Lipinski definition) is 2. The SMILES string of the molecule is C[C@H]1CCCC[C@H]1Nc1ccc(N)cc1. The summed E-state index contributed by atoms with van der Waals surface area (Å²) in [6.45, 7) is 2.34. The lowest BCUT2D eigenvalue weighted by atomic mass is 9.86. The van der Waals surface area contributed by atoms with Crippen LogP contribution in [0.3, 0.4) is 0 Å². The minimum Gasteiger partial charge on any atom is -0.399 e. The van der Waals surface area contributed by atoms with Gasteiger partial charge in [0.1, 0.15) is 0 Å². The number of benzene rings is 1. The number of nitrogen functional groups attached to an aromatic ring is 1. The Kier molecular flexibility index (Phi) is 3.14. The molecule has 1 aromatic rings. The Bertz CT molecular complexity index is 305. The van der Waals surface area contributed by atoms with Gasteiger partial charge in [0.2, 0.25) is 0 Å². The third-order valence-electron chi connectivity index (χ3n) is 3.37. The molecular weight excluding hydrogens is 184 g/mol.